The van der Waals surface area contributed by atoms with Gasteiger partial charge in [-0.25, -0.2) is 4.79 Å². The number of hydrogen-bond donors (Lipinski definition) is 2. The molecule has 6 heteroatoms. The van der Waals surface area contributed by atoms with Crippen molar-refractivity contribution in [1.29, 1.82) is 0 Å². The first kappa shape index (κ1) is 18.9. The molecule has 6 nitrogen and oxygen atoms in total. The minimum absolute atomic E-state index is 0.0549. The molecular formula is C21H25N3O3. The summed E-state index contributed by atoms with van der Waals surface area (Å²) in [5.41, 5.74) is 3.30. The number of benzene rings is 2. The van der Waals surface area contributed by atoms with Gasteiger partial charge in [-0.05, 0) is 49.6 Å². The van der Waals surface area contributed by atoms with Crippen molar-refractivity contribution in [3.8, 4) is 0 Å². The smallest absolute Gasteiger partial charge is 0.319 e. The van der Waals surface area contributed by atoms with E-state index in [0.717, 1.165) is 18.5 Å². The largest absolute Gasteiger partial charge is 0.382 e. The first-order valence-corrected chi connectivity index (χ1v) is 9.31. The lowest BCUT2D eigenvalue weighted by atomic mass is 10.1. The Morgan fingerprint density at radius 1 is 1.15 bits per heavy atom. The summed E-state index contributed by atoms with van der Waals surface area (Å²) in [6.45, 7) is 4.45. The number of nitrogens with zero attached hydrogens (tertiary/aromatic N) is 1. The van der Waals surface area contributed by atoms with Gasteiger partial charge in [0.2, 0.25) is 0 Å². The molecule has 3 rings (SSSR count). The molecule has 3 amide bonds. The first-order chi connectivity index (χ1) is 13.2. The van der Waals surface area contributed by atoms with Gasteiger partial charge in [-0.2, -0.15) is 0 Å². The number of carbonyl (C=O) groups excluding carboxylic acids is 2. The first-order valence-electron chi connectivity index (χ1n) is 9.31. The van der Waals surface area contributed by atoms with Crippen LogP contribution >= 0.6 is 0 Å². The predicted octanol–water partition coefficient (Wildman–Crippen LogP) is 3.44. The molecular weight excluding hydrogens is 342 g/mol. The maximum atomic E-state index is 12.9. The van der Waals surface area contributed by atoms with Gasteiger partial charge < -0.3 is 20.3 Å². The third-order valence-corrected chi connectivity index (χ3v) is 4.45. The molecule has 0 fully saturated rings. The number of fused-ring (bicyclic) bond motifs is 1. The van der Waals surface area contributed by atoms with Crippen LogP contribution in [-0.4, -0.2) is 38.2 Å². The fourth-order valence-corrected chi connectivity index (χ4v) is 3.13. The zero-order chi connectivity index (χ0) is 19.1. The number of amides is 3. The molecule has 142 valence electrons. The summed E-state index contributed by atoms with van der Waals surface area (Å²) in [5, 5.41) is 5.56. The van der Waals surface area contributed by atoms with Gasteiger partial charge >= 0.3 is 6.03 Å². The lowest BCUT2D eigenvalue weighted by molar-refractivity contribution is 0.0989. The van der Waals surface area contributed by atoms with E-state index in [-0.39, 0.29) is 11.9 Å². The second-order valence-corrected chi connectivity index (χ2v) is 6.35. The highest BCUT2D eigenvalue weighted by atomic mass is 16.5. The topological polar surface area (TPSA) is 70.7 Å². The molecule has 2 aromatic rings. The van der Waals surface area contributed by atoms with Crippen LogP contribution < -0.4 is 15.5 Å². The maximum Gasteiger partial charge on any atom is 0.319 e. The molecule has 0 aromatic heterocycles. The summed E-state index contributed by atoms with van der Waals surface area (Å²) in [4.78, 5) is 26.7. The number of anilines is 2. The van der Waals surface area contributed by atoms with Crippen molar-refractivity contribution >= 4 is 23.3 Å². The molecule has 0 atom stereocenters. The van der Waals surface area contributed by atoms with Crippen molar-refractivity contribution in [2.24, 2.45) is 0 Å². The van der Waals surface area contributed by atoms with Crippen LogP contribution in [0.1, 0.15) is 29.3 Å². The quantitative estimate of drug-likeness (QED) is 0.737. The van der Waals surface area contributed by atoms with Crippen LogP contribution in [-0.2, 0) is 11.2 Å². The van der Waals surface area contributed by atoms with Crippen LogP contribution in [0.2, 0.25) is 0 Å². The van der Waals surface area contributed by atoms with E-state index in [0.29, 0.717) is 37.6 Å². The summed E-state index contributed by atoms with van der Waals surface area (Å²) in [6.07, 6.45) is 1.62. The Morgan fingerprint density at radius 2 is 2.00 bits per heavy atom. The van der Waals surface area contributed by atoms with E-state index in [9.17, 15) is 9.59 Å². The molecule has 1 aliphatic rings. The van der Waals surface area contributed by atoms with Gasteiger partial charge in [0.15, 0.2) is 0 Å². The number of urea groups is 1. The second kappa shape index (κ2) is 9.19. The van der Waals surface area contributed by atoms with E-state index in [2.05, 4.69) is 16.7 Å². The van der Waals surface area contributed by atoms with Crippen molar-refractivity contribution in [3.63, 3.8) is 0 Å². The average Bonchev–Trinajstić information content (AvgIpc) is 3.11. The number of nitrogens with one attached hydrogen (secondary N) is 2. The Hall–Kier alpha value is -2.86. The SMILES string of the molecule is CCOCCCNC(=O)Nc1cccc(C(=O)N2CCc3ccccc32)c1. The Bertz CT molecular complexity index is 807. The molecule has 27 heavy (non-hydrogen) atoms. The van der Waals surface area contributed by atoms with Crippen LogP contribution in [0.5, 0.6) is 0 Å². The van der Waals surface area contributed by atoms with Gasteiger partial charge in [0.25, 0.3) is 5.91 Å². The molecule has 1 aliphatic heterocycles. The van der Waals surface area contributed by atoms with E-state index in [1.165, 1.54) is 5.56 Å². The standard InChI is InChI=1S/C21H25N3O3/c1-2-27-14-6-12-22-21(26)23-18-9-5-8-17(15-18)20(25)24-13-11-16-7-3-4-10-19(16)24/h3-5,7-10,15H,2,6,11-14H2,1H3,(H2,22,23,26). The lowest BCUT2D eigenvalue weighted by Gasteiger charge is -2.18. The summed E-state index contributed by atoms with van der Waals surface area (Å²) < 4.78 is 5.24. The van der Waals surface area contributed by atoms with Crippen LogP contribution in [0.4, 0.5) is 16.2 Å². The summed E-state index contributed by atoms with van der Waals surface area (Å²) >= 11 is 0. The number of ether oxygens (including phenoxy) is 1. The summed E-state index contributed by atoms with van der Waals surface area (Å²) in [7, 11) is 0. The molecule has 2 aromatic carbocycles. The van der Waals surface area contributed by atoms with E-state index in [1.54, 1.807) is 29.2 Å². The van der Waals surface area contributed by atoms with Crippen molar-refractivity contribution in [1.82, 2.24) is 5.32 Å². The Kier molecular flexibility index (Phi) is 6.44. The van der Waals surface area contributed by atoms with Crippen LogP contribution in [0.3, 0.4) is 0 Å². The molecule has 0 saturated carbocycles. The van der Waals surface area contributed by atoms with Crippen molar-refractivity contribution in [2.45, 2.75) is 19.8 Å². The predicted molar refractivity (Wildman–Crippen MR) is 106 cm³/mol. The minimum atomic E-state index is -0.289. The molecule has 1 heterocycles. The van der Waals surface area contributed by atoms with Crippen LogP contribution in [0.25, 0.3) is 0 Å². The normalized spacial score (nSPS) is 12.6. The molecule has 0 radical (unpaired) electrons. The van der Waals surface area contributed by atoms with E-state index < -0.39 is 0 Å². The van der Waals surface area contributed by atoms with Crippen molar-refractivity contribution in [2.75, 3.05) is 36.5 Å². The van der Waals surface area contributed by atoms with E-state index >= 15 is 0 Å². The average molecular weight is 367 g/mol. The van der Waals surface area contributed by atoms with Gasteiger partial charge in [-0.1, -0.05) is 24.3 Å². The molecule has 2 N–H and O–H groups in total. The Morgan fingerprint density at radius 3 is 2.85 bits per heavy atom. The molecule has 0 unspecified atom stereocenters. The van der Waals surface area contributed by atoms with Crippen molar-refractivity contribution in [3.05, 3.63) is 59.7 Å². The van der Waals surface area contributed by atoms with Gasteiger partial charge in [0.05, 0.1) is 0 Å². The highest BCUT2D eigenvalue weighted by molar-refractivity contribution is 6.08. The van der Waals surface area contributed by atoms with E-state index in [4.69, 9.17) is 4.74 Å². The van der Waals surface area contributed by atoms with E-state index in [1.807, 2.05) is 25.1 Å². The minimum Gasteiger partial charge on any atom is -0.382 e. The molecule has 0 spiro atoms. The fourth-order valence-electron chi connectivity index (χ4n) is 3.13. The zero-order valence-electron chi connectivity index (χ0n) is 15.5. The Balaban J connectivity index is 1.59. The van der Waals surface area contributed by atoms with Gasteiger partial charge in [-0.15, -0.1) is 0 Å². The molecule has 0 bridgehead atoms. The summed E-state index contributed by atoms with van der Waals surface area (Å²) in [6, 6.07) is 14.7. The molecule has 0 aliphatic carbocycles. The monoisotopic (exact) mass is 367 g/mol. The van der Waals surface area contributed by atoms with Gasteiger partial charge in [0, 0.05) is 43.2 Å². The second-order valence-electron chi connectivity index (χ2n) is 6.35. The maximum absolute atomic E-state index is 12.9. The molecule has 0 saturated heterocycles. The third kappa shape index (κ3) is 4.86. The zero-order valence-corrected chi connectivity index (χ0v) is 15.5. The van der Waals surface area contributed by atoms with Crippen LogP contribution in [0.15, 0.2) is 48.5 Å². The van der Waals surface area contributed by atoms with Gasteiger partial charge in [0.1, 0.15) is 0 Å². The van der Waals surface area contributed by atoms with Gasteiger partial charge in [-0.3, -0.25) is 4.79 Å². The van der Waals surface area contributed by atoms with Crippen LogP contribution in [0, 0.1) is 0 Å². The highest BCUT2D eigenvalue weighted by Crippen LogP contribution is 2.29. The lowest BCUT2D eigenvalue weighted by Crippen LogP contribution is -2.31. The summed E-state index contributed by atoms with van der Waals surface area (Å²) in [5.74, 6) is -0.0549. The number of carbonyl (C=O) groups is 2. The Labute approximate surface area is 159 Å². The highest BCUT2D eigenvalue weighted by Gasteiger charge is 2.25. The third-order valence-electron chi connectivity index (χ3n) is 4.45. The number of hydrogen-bond acceptors (Lipinski definition) is 3. The number of para-hydroxylation sites is 1. The number of rotatable bonds is 7. The van der Waals surface area contributed by atoms with Crippen molar-refractivity contribution < 1.29 is 14.3 Å². The fraction of sp³-hybridized carbons (Fsp3) is 0.333.